The second-order valence-corrected chi connectivity index (χ2v) is 5.25. The lowest BCUT2D eigenvalue weighted by molar-refractivity contribution is -0.0436. The zero-order chi connectivity index (χ0) is 12.1. The first kappa shape index (κ1) is 11.1. The van der Waals surface area contributed by atoms with E-state index < -0.39 is 26.0 Å². The second-order valence-electron chi connectivity index (χ2n) is 3.34. The van der Waals surface area contributed by atoms with Gasteiger partial charge in [0.25, 0.3) is 9.84 Å². The highest BCUT2D eigenvalue weighted by Gasteiger charge is 2.49. The number of halogens is 3. The Labute approximate surface area is 88.8 Å². The summed E-state index contributed by atoms with van der Waals surface area (Å²) in [7, 11) is -5.43. The molecule has 0 heterocycles. The maximum absolute atomic E-state index is 12.3. The number of rotatable bonds is 1. The van der Waals surface area contributed by atoms with Gasteiger partial charge in [-0.25, -0.2) is 8.42 Å². The Morgan fingerprint density at radius 2 is 1.81 bits per heavy atom. The van der Waals surface area contributed by atoms with Crippen LogP contribution in [0.4, 0.5) is 13.2 Å². The van der Waals surface area contributed by atoms with Crippen molar-refractivity contribution in [2.45, 2.75) is 16.8 Å². The average Bonchev–Trinajstić information content (AvgIpc) is 2.13. The molecule has 0 radical (unpaired) electrons. The van der Waals surface area contributed by atoms with Crippen LogP contribution in [0.3, 0.4) is 0 Å². The van der Waals surface area contributed by atoms with Crippen LogP contribution in [0.25, 0.3) is 0 Å². The van der Waals surface area contributed by atoms with E-state index in [1.165, 1.54) is 12.1 Å². The zero-order valence-corrected chi connectivity index (χ0v) is 8.52. The fraction of sp³-hybridized carbons (Fsp3) is 0.222. The number of ketones is 1. The van der Waals surface area contributed by atoms with E-state index in [4.69, 9.17) is 0 Å². The Hall–Kier alpha value is -1.37. The van der Waals surface area contributed by atoms with Crippen LogP contribution in [0.15, 0.2) is 23.1 Å². The molecule has 0 unspecified atom stereocenters. The number of hydrogen-bond acceptors (Lipinski definition) is 3. The standard InChI is InChI=1S/C9H5F3O3S/c10-9(11,12)16(14,15)7-3-1-2-5-4-6(13)8(5)7/h1-3H,4H2. The summed E-state index contributed by atoms with van der Waals surface area (Å²) in [4.78, 5) is 10.1. The van der Waals surface area contributed by atoms with E-state index in [2.05, 4.69) is 0 Å². The first-order valence-electron chi connectivity index (χ1n) is 4.21. The molecule has 0 saturated carbocycles. The summed E-state index contributed by atoms with van der Waals surface area (Å²) < 4.78 is 59.1. The molecule has 0 saturated heterocycles. The largest absolute Gasteiger partial charge is 0.501 e. The third kappa shape index (κ3) is 1.35. The maximum Gasteiger partial charge on any atom is 0.501 e. The number of carbonyl (C=O) groups is 1. The molecule has 0 bridgehead atoms. The van der Waals surface area contributed by atoms with Crippen LogP contribution < -0.4 is 0 Å². The molecule has 1 aromatic rings. The quantitative estimate of drug-likeness (QED) is 0.762. The SMILES string of the molecule is O=C1Cc2cccc(S(=O)(=O)C(F)(F)F)c21. The maximum atomic E-state index is 12.3. The molecule has 1 aliphatic carbocycles. The van der Waals surface area contributed by atoms with E-state index >= 15 is 0 Å². The van der Waals surface area contributed by atoms with Gasteiger partial charge in [0.05, 0.1) is 4.90 Å². The van der Waals surface area contributed by atoms with Crippen molar-refractivity contribution in [1.29, 1.82) is 0 Å². The molecule has 0 fully saturated rings. The van der Waals surface area contributed by atoms with Crippen LogP contribution in [0.2, 0.25) is 0 Å². The summed E-state index contributed by atoms with van der Waals surface area (Å²) in [5, 5.41) is 0. The summed E-state index contributed by atoms with van der Waals surface area (Å²) >= 11 is 0. The molecule has 1 aromatic carbocycles. The summed E-state index contributed by atoms with van der Waals surface area (Å²) in [6.07, 6.45) is -0.00342. The van der Waals surface area contributed by atoms with E-state index in [-0.39, 0.29) is 12.0 Å². The zero-order valence-electron chi connectivity index (χ0n) is 7.71. The van der Waals surface area contributed by atoms with Crippen molar-refractivity contribution < 1.29 is 26.4 Å². The number of fused-ring (bicyclic) bond motifs is 1. The molecule has 0 amide bonds. The number of alkyl halides is 3. The topological polar surface area (TPSA) is 51.2 Å². The van der Waals surface area contributed by atoms with Gasteiger partial charge < -0.3 is 0 Å². The van der Waals surface area contributed by atoms with Crippen molar-refractivity contribution in [2.75, 3.05) is 0 Å². The van der Waals surface area contributed by atoms with E-state index in [9.17, 15) is 26.4 Å². The van der Waals surface area contributed by atoms with Gasteiger partial charge in [0.2, 0.25) is 0 Å². The number of benzene rings is 1. The molecule has 86 valence electrons. The average molecular weight is 250 g/mol. The molecule has 1 aliphatic rings. The monoisotopic (exact) mass is 250 g/mol. The Bertz CT molecular complexity index is 572. The van der Waals surface area contributed by atoms with E-state index in [0.717, 1.165) is 6.07 Å². The van der Waals surface area contributed by atoms with Gasteiger partial charge in [-0.2, -0.15) is 13.2 Å². The lowest BCUT2D eigenvalue weighted by Gasteiger charge is -2.21. The van der Waals surface area contributed by atoms with Gasteiger partial charge in [0, 0.05) is 12.0 Å². The van der Waals surface area contributed by atoms with Gasteiger partial charge in [-0.15, -0.1) is 0 Å². The molecule has 0 spiro atoms. The van der Waals surface area contributed by atoms with Gasteiger partial charge in [-0.3, -0.25) is 4.79 Å². The predicted molar refractivity (Wildman–Crippen MR) is 47.7 cm³/mol. The fourth-order valence-electron chi connectivity index (χ4n) is 1.54. The summed E-state index contributed by atoms with van der Waals surface area (Å²) in [5.41, 5.74) is -5.35. The molecule has 16 heavy (non-hydrogen) atoms. The van der Waals surface area contributed by atoms with E-state index in [1.54, 1.807) is 0 Å². The van der Waals surface area contributed by atoms with Gasteiger partial charge in [-0.1, -0.05) is 12.1 Å². The summed E-state index contributed by atoms with van der Waals surface area (Å²) in [6, 6.07) is 3.44. The molecule has 3 nitrogen and oxygen atoms in total. The first-order valence-corrected chi connectivity index (χ1v) is 5.70. The Morgan fingerprint density at radius 1 is 1.19 bits per heavy atom. The first-order chi connectivity index (χ1) is 7.25. The normalized spacial score (nSPS) is 15.6. The third-order valence-corrected chi connectivity index (χ3v) is 3.87. The number of sulfone groups is 1. The second kappa shape index (κ2) is 3.07. The van der Waals surface area contributed by atoms with Crippen molar-refractivity contribution in [3.8, 4) is 0 Å². The Morgan fingerprint density at radius 3 is 2.31 bits per heavy atom. The predicted octanol–water partition coefficient (Wildman–Crippen LogP) is 1.72. The highest BCUT2D eigenvalue weighted by molar-refractivity contribution is 7.92. The smallest absolute Gasteiger partial charge is 0.294 e. The lowest BCUT2D eigenvalue weighted by atomic mass is 9.87. The number of carbonyl (C=O) groups excluding carboxylic acids is 1. The van der Waals surface area contributed by atoms with Crippen LogP contribution in [-0.4, -0.2) is 19.7 Å². The number of Topliss-reactive ketones (excluding diaryl/α,β-unsaturated/α-hetero) is 1. The molecule has 0 atom stereocenters. The molecule has 0 aliphatic heterocycles. The molecular formula is C9H5F3O3S. The van der Waals surface area contributed by atoms with Crippen LogP contribution in [0.1, 0.15) is 15.9 Å². The highest BCUT2D eigenvalue weighted by Crippen LogP contribution is 2.36. The van der Waals surface area contributed by atoms with E-state index in [0.29, 0.717) is 5.56 Å². The minimum atomic E-state index is -5.43. The lowest BCUT2D eigenvalue weighted by Crippen LogP contribution is -2.29. The van der Waals surface area contributed by atoms with Gasteiger partial charge in [-0.05, 0) is 11.6 Å². The Kier molecular flexibility index (Phi) is 2.13. The summed E-state index contributed by atoms with van der Waals surface area (Å²) in [5.74, 6) is -0.571. The minimum absolute atomic E-state index is 0.00342. The van der Waals surface area contributed by atoms with Crippen LogP contribution >= 0.6 is 0 Å². The fourth-order valence-corrected chi connectivity index (χ4v) is 2.56. The van der Waals surface area contributed by atoms with Crippen molar-refractivity contribution in [1.82, 2.24) is 0 Å². The number of hydrogen-bond donors (Lipinski definition) is 0. The molecule has 2 rings (SSSR count). The Balaban J connectivity index is 2.68. The summed E-state index contributed by atoms with van der Waals surface area (Å²) in [6.45, 7) is 0. The third-order valence-electron chi connectivity index (χ3n) is 2.34. The van der Waals surface area contributed by atoms with Crippen LogP contribution in [0, 0.1) is 0 Å². The molecule has 7 heteroatoms. The van der Waals surface area contributed by atoms with Crippen LogP contribution in [-0.2, 0) is 16.3 Å². The molecule has 0 aromatic heterocycles. The molecular weight excluding hydrogens is 245 g/mol. The van der Waals surface area contributed by atoms with Crippen LogP contribution in [0.5, 0.6) is 0 Å². The van der Waals surface area contributed by atoms with Crippen molar-refractivity contribution >= 4 is 15.6 Å². The van der Waals surface area contributed by atoms with Crippen molar-refractivity contribution in [3.63, 3.8) is 0 Å². The van der Waals surface area contributed by atoms with E-state index in [1.807, 2.05) is 0 Å². The van der Waals surface area contributed by atoms with Gasteiger partial charge >= 0.3 is 5.51 Å². The highest BCUT2D eigenvalue weighted by atomic mass is 32.2. The molecule has 0 N–H and O–H groups in total. The van der Waals surface area contributed by atoms with Gasteiger partial charge in [0.15, 0.2) is 5.78 Å². The van der Waals surface area contributed by atoms with Crippen molar-refractivity contribution in [3.05, 3.63) is 29.3 Å². The minimum Gasteiger partial charge on any atom is -0.294 e. The van der Waals surface area contributed by atoms with Crippen molar-refractivity contribution in [2.24, 2.45) is 0 Å². The van der Waals surface area contributed by atoms with Gasteiger partial charge in [0.1, 0.15) is 0 Å².